The van der Waals surface area contributed by atoms with Crippen molar-refractivity contribution in [1.82, 2.24) is 15.1 Å². The van der Waals surface area contributed by atoms with Crippen LogP contribution in [0, 0.1) is 5.92 Å². The normalized spacial score (nSPS) is 24.1. The monoisotopic (exact) mass is 317 g/mol. The molecule has 0 saturated carbocycles. The van der Waals surface area contributed by atoms with E-state index in [0.29, 0.717) is 19.6 Å². The fourth-order valence-electron chi connectivity index (χ4n) is 3.58. The van der Waals surface area contributed by atoms with Crippen LogP contribution in [0.4, 0.5) is 4.79 Å². The van der Waals surface area contributed by atoms with Crippen LogP contribution >= 0.6 is 0 Å². The molecule has 2 amide bonds. The number of hydrogen-bond donors (Lipinski definition) is 2. The molecular weight excluding hydrogens is 290 g/mol. The minimum Gasteiger partial charge on any atom is -0.381 e. The first kappa shape index (κ1) is 16.3. The third kappa shape index (κ3) is 3.85. The molecule has 2 aliphatic heterocycles. The molecule has 1 aromatic carbocycles. The molecule has 2 heterocycles. The first-order chi connectivity index (χ1) is 11.1. The van der Waals surface area contributed by atoms with Crippen molar-refractivity contribution in [2.24, 2.45) is 5.92 Å². The van der Waals surface area contributed by atoms with Gasteiger partial charge in [-0.15, -0.1) is 0 Å². The maximum atomic E-state index is 12.1. The van der Waals surface area contributed by atoms with E-state index < -0.39 is 5.60 Å². The Balaban J connectivity index is 1.39. The van der Waals surface area contributed by atoms with Gasteiger partial charge in [0.05, 0.1) is 13.1 Å². The van der Waals surface area contributed by atoms with Crippen LogP contribution in [0.3, 0.4) is 0 Å². The highest BCUT2D eigenvalue weighted by atomic mass is 16.3. The maximum Gasteiger partial charge on any atom is 0.317 e. The summed E-state index contributed by atoms with van der Waals surface area (Å²) in [7, 11) is 0. The first-order valence-corrected chi connectivity index (χ1v) is 8.60. The zero-order chi connectivity index (χ0) is 16.3. The lowest BCUT2D eigenvalue weighted by molar-refractivity contribution is -0.0816. The zero-order valence-electron chi connectivity index (χ0n) is 13.9. The summed E-state index contributed by atoms with van der Waals surface area (Å²) >= 11 is 0. The summed E-state index contributed by atoms with van der Waals surface area (Å²) in [5, 5.41) is 13.5. The summed E-state index contributed by atoms with van der Waals surface area (Å²) in [5.74, 6) is 0.760. The second-order valence-corrected chi connectivity index (χ2v) is 7.03. The number of β-amino-alcohol motifs (C(OH)–C–C–N with tert-alkyl or cyclic N) is 1. The van der Waals surface area contributed by atoms with E-state index in [-0.39, 0.29) is 6.03 Å². The van der Waals surface area contributed by atoms with E-state index in [0.717, 1.165) is 31.1 Å². The SMILES string of the molecule is CC1CCCN(CCNC(=O)N2CC(O)(c3ccccc3)C2)C1. The molecule has 0 aromatic heterocycles. The van der Waals surface area contributed by atoms with Gasteiger partial charge in [0.25, 0.3) is 0 Å². The Morgan fingerprint density at radius 3 is 2.78 bits per heavy atom. The van der Waals surface area contributed by atoms with E-state index >= 15 is 0 Å². The van der Waals surface area contributed by atoms with Gasteiger partial charge in [-0.25, -0.2) is 4.79 Å². The van der Waals surface area contributed by atoms with Gasteiger partial charge >= 0.3 is 6.03 Å². The summed E-state index contributed by atoms with van der Waals surface area (Å²) in [6, 6.07) is 9.50. The predicted molar refractivity (Wildman–Crippen MR) is 90.1 cm³/mol. The number of urea groups is 1. The highest BCUT2D eigenvalue weighted by molar-refractivity contribution is 5.75. The lowest BCUT2D eigenvalue weighted by Crippen LogP contribution is -2.63. The van der Waals surface area contributed by atoms with Crippen molar-refractivity contribution in [3.63, 3.8) is 0 Å². The Morgan fingerprint density at radius 2 is 2.09 bits per heavy atom. The second kappa shape index (κ2) is 6.89. The van der Waals surface area contributed by atoms with E-state index in [1.807, 2.05) is 30.3 Å². The molecule has 0 spiro atoms. The number of hydrogen-bond acceptors (Lipinski definition) is 3. The molecule has 1 aromatic rings. The van der Waals surface area contributed by atoms with E-state index in [1.54, 1.807) is 4.90 Å². The largest absolute Gasteiger partial charge is 0.381 e. The van der Waals surface area contributed by atoms with Crippen molar-refractivity contribution in [2.75, 3.05) is 39.3 Å². The van der Waals surface area contributed by atoms with Gasteiger partial charge in [-0.05, 0) is 30.9 Å². The van der Waals surface area contributed by atoms with Crippen LogP contribution in [-0.2, 0) is 5.60 Å². The second-order valence-electron chi connectivity index (χ2n) is 7.03. The molecule has 0 aliphatic carbocycles. The molecule has 2 saturated heterocycles. The van der Waals surface area contributed by atoms with Crippen LogP contribution in [0.5, 0.6) is 0 Å². The van der Waals surface area contributed by atoms with Crippen LogP contribution in [0.2, 0.25) is 0 Å². The third-order valence-electron chi connectivity index (χ3n) is 4.95. The Hall–Kier alpha value is -1.59. The number of aliphatic hydroxyl groups is 1. The molecule has 2 fully saturated rings. The molecule has 0 radical (unpaired) electrons. The first-order valence-electron chi connectivity index (χ1n) is 8.60. The van der Waals surface area contributed by atoms with Crippen molar-refractivity contribution in [3.05, 3.63) is 35.9 Å². The Morgan fingerprint density at radius 1 is 1.35 bits per heavy atom. The Bertz CT molecular complexity index is 528. The minimum atomic E-state index is -0.888. The molecule has 0 bridgehead atoms. The fourth-order valence-corrected chi connectivity index (χ4v) is 3.58. The van der Waals surface area contributed by atoms with Gasteiger partial charge in [0, 0.05) is 19.6 Å². The van der Waals surface area contributed by atoms with Crippen molar-refractivity contribution < 1.29 is 9.90 Å². The Labute approximate surface area is 138 Å². The standard InChI is InChI=1S/C18H27N3O2/c1-15-6-5-10-20(12-15)11-9-19-17(22)21-13-18(23,14-21)16-7-3-2-4-8-16/h2-4,7-8,15,23H,5-6,9-14H2,1H3,(H,19,22). The Kier molecular flexibility index (Phi) is 4.87. The van der Waals surface area contributed by atoms with Crippen LogP contribution in [0.1, 0.15) is 25.3 Å². The number of rotatable bonds is 4. The summed E-state index contributed by atoms with van der Waals surface area (Å²) in [6.07, 6.45) is 2.57. The topological polar surface area (TPSA) is 55.8 Å². The van der Waals surface area contributed by atoms with Crippen LogP contribution in [0.25, 0.3) is 0 Å². The van der Waals surface area contributed by atoms with Gasteiger partial charge in [0.2, 0.25) is 0 Å². The molecule has 5 nitrogen and oxygen atoms in total. The van der Waals surface area contributed by atoms with Crippen LogP contribution in [0.15, 0.2) is 30.3 Å². The number of nitrogens with zero attached hydrogens (tertiary/aromatic N) is 2. The van der Waals surface area contributed by atoms with Crippen LogP contribution in [-0.4, -0.2) is 60.2 Å². The number of carbonyl (C=O) groups is 1. The summed E-state index contributed by atoms with van der Waals surface area (Å²) in [6.45, 7) is 6.87. The van der Waals surface area contributed by atoms with E-state index in [9.17, 15) is 9.90 Å². The fraction of sp³-hybridized carbons (Fsp3) is 0.611. The number of carbonyl (C=O) groups excluding carboxylic acids is 1. The van der Waals surface area contributed by atoms with Gasteiger partial charge in [0.15, 0.2) is 0 Å². The van der Waals surface area contributed by atoms with Crippen molar-refractivity contribution in [1.29, 1.82) is 0 Å². The zero-order valence-corrected chi connectivity index (χ0v) is 13.9. The summed E-state index contributed by atoms with van der Waals surface area (Å²) in [5.41, 5.74) is -0.00711. The van der Waals surface area contributed by atoms with Crippen molar-refractivity contribution >= 4 is 6.03 Å². The number of amides is 2. The minimum absolute atomic E-state index is 0.0735. The highest BCUT2D eigenvalue weighted by Gasteiger charge is 2.44. The molecule has 126 valence electrons. The van der Waals surface area contributed by atoms with Gasteiger partial charge in [0.1, 0.15) is 5.60 Å². The smallest absolute Gasteiger partial charge is 0.317 e. The van der Waals surface area contributed by atoms with Gasteiger partial charge < -0.3 is 20.2 Å². The van der Waals surface area contributed by atoms with Crippen molar-refractivity contribution in [3.8, 4) is 0 Å². The number of nitrogens with one attached hydrogen (secondary N) is 1. The molecule has 2 aliphatic rings. The lowest BCUT2D eigenvalue weighted by Gasteiger charge is -2.46. The molecular formula is C18H27N3O2. The predicted octanol–water partition coefficient (Wildman–Crippen LogP) is 1.63. The highest BCUT2D eigenvalue weighted by Crippen LogP contribution is 2.31. The van der Waals surface area contributed by atoms with Crippen molar-refractivity contribution in [2.45, 2.75) is 25.4 Å². The van der Waals surface area contributed by atoms with Gasteiger partial charge in [-0.2, -0.15) is 0 Å². The molecule has 3 rings (SSSR count). The average molecular weight is 317 g/mol. The summed E-state index contributed by atoms with van der Waals surface area (Å²) < 4.78 is 0. The molecule has 1 atom stereocenters. The van der Waals surface area contributed by atoms with E-state index in [2.05, 4.69) is 17.1 Å². The summed E-state index contributed by atoms with van der Waals surface area (Å²) in [4.78, 5) is 16.2. The van der Waals surface area contributed by atoms with E-state index in [1.165, 1.54) is 12.8 Å². The number of benzene rings is 1. The molecule has 2 N–H and O–H groups in total. The van der Waals surface area contributed by atoms with E-state index in [4.69, 9.17) is 0 Å². The average Bonchev–Trinajstić information content (AvgIpc) is 2.52. The number of piperidine rings is 1. The van der Waals surface area contributed by atoms with Crippen LogP contribution < -0.4 is 5.32 Å². The molecule has 23 heavy (non-hydrogen) atoms. The lowest BCUT2D eigenvalue weighted by atomic mass is 9.86. The molecule has 5 heteroatoms. The maximum absolute atomic E-state index is 12.1. The number of likely N-dealkylation sites (tertiary alicyclic amines) is 2. The van der Waals surface area contributed by atoms with Gasteiger partial charge in [-0.3, -0.25) is 0 Å². The van der Waals surface area contributed by atoms with Gasteiger partial charge in [-0.1, -0.05) is 37.3 Å². The third-order valence-corrected chi connectivity index (χ3v) is 4.95. The molecule has 1 unspecified atom stereocenters. The quantitative estimate of drug-likeness (QED) is 0.887.